The molecule has 0 aliphatic heterocycles. The molecule has 3 aromatic rings. The second-order valence-corrected chi connectivity index (χ2v) is 7.02. The van der Waals surface area contributed by atoms with E-state index in [4.69, 9.17) is 11.6 Å². The van der Waals surface area contributed by atoms with E-state index in [2.05, 4.69) is 9.97 Å². The van der Waals surface area contributed by atoms with Gasteiger partial charge in [0.05, 0.1) is 24.5 Å². The van der Waals surface area contributed by atoms with Crippen LogP contribution in [0.3, 0.4) is 0 Å². The third kappa shape index (κ3) is 4.58. The number of nitrogens with zero attached hydrogens (tertiary/aromatic N) is 4. The van der Waals surface area contributed by atoms with Crippen LogP contribution in [0.25, 0.3) is 16.9 Å². The maximum Gasteiger partial charge on any atom is 0.391 e. The van der Waals surface area contributed by atoms with Crippen LogP contribution in [0.4, 0.5) is 22.0 Å². The number of halogens is 6. The Morgan fingerprint density at radius 3 is 2.41 bits per heavy atom. The first-order valence-electron chi connectivity index (χ1n) is 8.65. The van der Waals surface area contributed by atoms with Crippen molar-refractivity contribution in [1.82, 2.24) is 19.1 Å². The van der Waals surface area contributed by atoms with E-state index in [1.54, 1.807) is 0 Å². The summed E-state index contributed by atoms with van der Waals surface area (Å²) in [6.45, 7) is 0.302. The molecule has 156 valence electrons. The normalized spacial score (nSPS) is 13.4. The molecule has 1 aromatic carbocycles. The van der Waals surface area contributed by atoms with Gasteiger partial charge in [0.1, 0.15) is 5.82 Å². The molecule has 0 saturated carbocycles. The summed E-state index contributed by atoms with van der Waals surface area (Å²) in [6.07, 6.45) is -6.54. The molecule has 0 fully saturated rings. The lowest BCUT2D eigenvalue weighted by atomic mass is 10.0. The molecule has 0 radical (unpaired) electrons. The predicted octanol–water partition coefficient (Wildman–Crippen LogP) is 4.63. The van der Waals surface area contributed by atoms with Gasteiger partial charge in [0, 0.05) is 11.4 Å². The molecule has 1 atom stereocenters. The minimum atomic E-state index is -4.40. The molecule has 2 aromatic heterocycles. The number of hydrogen-bond acceptors (Lipinski definition) is 3. The molecule has 2 heterocycles. The highest BCUT2D eigenvalue weighted by molar-refractivity contribution is 6.30. The van der Waals surface area contributed by atoms with Crippen LogP contribution in [0.5, 0.6) is 0 Å². The third-order valence-electron chi connectivity index (χ3n) is 4.49. The van der Waals surface area contributed by atoms with Crippen molar-refractivity contribution >= 4 is 22.8 Å². The van der Waals surface area contributed by atoms with Crippen molar-refractivity contribution in [2.45, 2.75) is 38.9 Å². The summed E-state index contributed by atoms with van der Waals surface area (Å²) in [4.78, 5) is 21.1. The highest BCUT2D eigenvalue weighted by Crippen LogP contribution is 2.29. The van der Waals surface area contributed by atoms with Gasteiger partial charge in [0.15, 0.2) is 11.2 Å². The van der Waals surface area contributed by atoms with Gasteiger partial charge in [-0.3, -0.25) is 9.36 Å². The number of alkyl halides is 5. The van der Waals surface area contributed by atoms with Crippen LogP contribution in [0.1, 0.15) is 19.2 Å². The zero-order valence-electron chi connectivity index (χ0n) is 15.1. The Bertz CT molecular complexity index is 1060. The molecular weight excluding hydrogens is 419 g/mol. The van der Waals surface area contributed by atoms with Crippen LogP contribution in [0.15, 0.2) is 35.4 Å². The summed E-state index contributed by atoms with van der Waals surface area (Å²) in [5.74, 6) is -1.60. The van der Waals surface area contributed by atoms with Gasteiger partial charge in [-0.05, 0) is 30.7 Å². The summed E-state index contributed by atoms with van der Waals surface area (Å²) < 4.78 is 66.5. The molecular formula is C18H16ClF5N4O. The Labute approximate surface area is 166 Å². The number of imidazole rings is 1. The average molecular weight is 435 g/mol. The Hall–Kier alpha value is -2.49. The lowest BCUT2D eigenvalue weighted by molar-refractivity contribution is -0.171. The quantitative estimate of drug-likeness (QED) is 0.531. The Kier molecular flexibility index (Phi) is 5.92. The second kappa shape index (κ2) is 8.10. The zero-order chi connectivity index (χ0) is 21.3. The molecule has 0 bridgehead atoms. The Morgan fingerprint density at radius 2 is 1.83 bits per heavy atom. The molecule has 0 amide bonds. The van der Waals surface area contributed by atoms with Crippen molar-refractivity contribution in [2.24, 2.45) is 5.92 Å². The fraction of sp³-hybridized carbons (Fsp3) is 0.389. The standard InChI is InChI=1S/C18H16ClF5N4O/c1-10(18(22,23)24)2-7-14-26-16-15(25-9-27(16)8-13(20)21)17(29)28(14)12-5-3-11(19)4-6-12/h3-6,9-10,13H,2,7-8H2,1H3. The average Bonchev–Trinajstić information content (AvgIpc) is 3.02. The zero-order valence-corrected chi connectivity index (χ0v) is 15.9. The lowest BCUT2D eigenvalue weighted by Gasteiger charge is -2.17. The van der Waals surface area contributed by atoms with E-state index in [0.29, 0.717) is 10.7 Å². The smallest absolute Gasteiger partial charge is 0.309 e. The number of fused-ring (bicyclic) bond motifs is 1. The van der Waals surface area contributed by atoms with Gasteiger partial charge in [-0.25, -0.2) is 18.7 Å². The maximum atomic E-state index is 13.0. The molecule has 29 heavy (non-hydrogen) atoms. The summed E-state index contributed by atoms with van der Waals surface area (Å²) in [7, 11) is 0. The van der Waals surface area contributed by atoms with E-state index in [1.165, 1.54) is 24.3 Å². The number of hydrogen-bond donors (Lipinski definition) is 0. The number of benzene rings is 1. The van der Waals surface area contributed by atoms with Crippen molar-refractivity contribution in [1.29, 1.82) is 0 Å². The predicted molar refractivity (Wildman–Crippen MR) is 97.7 cm³/mol. The van der Waals surface area contributed by atoms with Gasteiger partial charge in [-0.15, -0.1) is 0 Å². The van der Waals surface area contributed by atoms with Gasteiger partial charge in [-0.1, -0.05) is 18.5 Å². The van der Waals surface area contributed by atoms with E-state index in [-0.39, 0.29) is 29.8 Å². The van der Waals surface area contributed by atoms with E-state index in [0.717, 1.165) is 22.4 Å². The largest absolute Gasteiger partial charge is 0.391 e. The molecule has 3 rings (SSSR count). The van der Waals surface area contributed by atoms with Crippen LogP contribution in [-0.2, 0) is 13.0 Å². The van der Waals surface area contributed by atoms with E-state index < -0.39 is 30.6 Å². The van der Waals surface area contributed by atoms with Gasteiger partial charge in [0.2, 0.25) is 0 Å². The Balaban J connectivity index is 2.14. The van der Waals surface area contributed by atoms with E-state index >= 15 is 0 Å². The first kappa shape index (κ1) is 21.2. The first-order valence-corrected chi connectivity index (χ1v) is 9.03. The SMILES string of the molecule is CC(CCc1nc2c(ncn2CC(F)F)c(=O)n1-c1ccc(Cl)cc1)C(F)(F)F. The van der Waals surface area contributed by atoms with Gasteiger partial charge >= 0.3 is 6.18 Å². The number of rotatable bonds is 6. The van der Waals surface area contributed by atoms with Gasteiger partial charge < -0.3 is 4.57 Å². The fourth-order valence-electron chi connectivity index (χ4n) is 2.85. The number of aromatic nitrogens is 4. The van der Waals surface area contributed by atoms with Crippen molar-refractivity contribution < 1.29 is 22.0 Å². The van der Waals surface area contributed by atoms with Crippen LogP contribution in [-0.4, -0.2) is 31.7 Å². The Morgan fingerprint density at radius 1 is 1.17 bits per heavy atom. The molecule has 1 unspecified atom stereocenters. The van der Waals surface area contributed by atoms with Gasteiger partial charge in [-0.2, -0.15) is 13.2 Å². The number of aryl methyl sites for hydroxylation is 1. The van der Waals surface area contributed by atoms with Crippen molar-refractivity contribution in [3.63, 3.8) is 0 Å². The fourth-order valence-corrected chi connectivity index (χ4v) is 2.98. The van der Waals surface area contributed by atoms with Crippen LogP contribution >= 0.6 is 11.6 Å². The minimum absolute atomic E-state index is 0.0249. The summed E-state index contributed by atoms with van der Waals surface area (Å²) in [5.41, 5.74) is -0.546. The first-order chi connectivity index (χ1) is 13.6. The second-order valence-electron chi connectivity index (χ2n) is 6.59. The molecule has 11 heteroatoms. The maximum absolute atomic E-state index is 13.0. The van der Waals surface area contributed by atoms with Crippen LogP contribution in [0.2, 0.25) is 5.02 Å². The molecule has 0 N–H and O–H groups in total. The molecule has 0 saturated heterocycles. The molecule has 5 nitrogen and oxygen atoms in total. The third-order valence-corrected chi connectivity index (χ3v) is 4.74. The minimum Gasteiger partial charge on any atom is -0.309 e. The lowest BCUT2D eigenvalue weighted by Crippen LogP contribution is -2.26. The van der Waals surface area contributed by atoms with Crippen LogP contribution in [0, 0.1) is 5.92 Å². The van der Waals surface area contributed by atoms with Crippen LogP contribution < -0.4 is 5.56 Å². The van der Waals surface area contributed by atoms with E-state index in [1.807, 2.05) is 0 Å². The molecule has 0 spiro atoms. The van der Waals surface area contributed by atoms with Crippen molar-refractivity contribution in [2.75, 3.05) is 0 Å². The molecule has 0 aliphatic carbocycles. The summed E-state index contributed by atoms with van der Waals surface area (Å²) in [6, 6.07) is 6.07. The monoisotopic (exact) mass is 434 g/mol. The molecule has 0 aliphatic rings. The van der Waals surface area contributed by atoms with Gasteiger partial charge in [0.25, 0.3) is 12.0 Å². The summed E-state index contributed by atoms with van der Waals surface area (Å²) in [5, 5.41) is 0.407. The van der Waals surface area contributed by atoms with E-state index in [9.17, 15) is 26.7 Å². The topological polar surface area (TPSA) is 52.7 Å². The van der Waals surface area contributed by atoms with Crippen molar-refractivity contribution in [3.8, 4) is 5.69 Å². The highest BCUT2D eigenvalue weighted by Gasteiger charge is 2.35. The highest BCUT2D eigenvalue weighted by atomic mass is 35.5. The summed E-state index contributed by atoms with van der Waals surface area (Å²) >= 11 is 5.86. The van der Waals surface area contributed by atoms with Crippen molar-refractivity contribution in [3.05, 3.63) is 51.8 Å².